The standard InChI is InChI=1S/C19H30N2/c1-2-21(15-17-11-8-14-20-17)19-13-7-6-12-18(19)16-9-4-3-5-10-16/h3-5,9-10,17-20H,2,6-8,11-15H2,1H3. The van der Waals surface area contributed by atoms with Crippen LogP contribution in [0.3, 0.4) is 0 Å². The monoisotopic (exact) mass is 286 g/mol. The van der Waals surface area contributed by atoms with Gasteiger partial charge in [-0.2, -0.15) is 0 Å². The van der Waals surface area contributed by atoms with Gasteiger partial charge in [0.25, 0.3) is 0 Å². The molecule has 1 aliphatic carbocycles. The lowest BCUT2D eigenvalue weighted by atomic mass is 9.79. The first-order valence-corrected chi connectivity index (χ1v) is 8.91. The predicted molar refractivity (Wildman–Crippen MR) is 89.7 cm³/mol. The van der Waals surface area contributed by atoms with Crippen LogP contribution in [0.4, 0.5) is 0 Å². The van der Waals surface area contributed by atoms with E-state index in [1.54, 1.807) is 5.56 Å². The minimum Gasteiger partial charge on any atom is -0.313 e. The van der Waals surface area contributed by atoms with E-state index in [0.29, 0.717) is 0 Å². The molecule has 3 atom stereocenters. The highest BCUT2D eigenvalue weighted by Gasteiger charge is 2.31. The van der Waals surface area contributed by atoms with Gasteiger partial charge in [-0.25, -0.2) is 0 Å². The quantitative estimate of drug-likeness (QED) is 0.886. The first-order chi connectivity index (χ1) is 10.4. The van der Waals surface area contributed by atoms with Crippen molar-refractivity contribution in [3.8, 4) is 0 Å². The first-order valence-electron chi connectivity index (χ1n) is 8.91. The second kappa shape index (κ2) is 7.42. The molecule has 2 fully saturated rings. The van der Waals surface area contributed by atoms with Gasteiger partial charge in [0.2, 0.25) is 0 Å². The molecule has 1 N–H and O–H groups in total. The lowest BCUT2D eigenvalue weighted by Crippen LogP contribution is -2.46. The van der Waals surface area contributed by atoms with E-state index in [2.05, 4.69) is 47.5 Å². The second-order valence-corrected chi connectivity index (χ2v) is 6.75. The smallest absolute Gasteiger partial charge is 0.0195 e. The third-order valence-corrected chi connectivity index (χ3v) is 5.45. The molecule has 1 aromatic rings. The van der Waals surface area contributed by atoms with Gasteiger partial charge < -0.3 is 5.32 Å². The van der Waals surface area contributed by atoms with E-state index in [1.165, 1.54) is 58.2 Å². The molecule has 2 nitrogen and oxygen atoms in total. The van der Waals surface area contributed by atoms with Gasteiger partial charge in [0.15, 0.2) is 0 Å². The van der Waals surface area contributed by atoms with Crippen LogP contribution in [0.25, 0.3) is 0 Å². The van der Waals surface area contributed by atoms with Crippen molar-refractivity contribution in [3.05, 3.63) is 35.9 Å². The predicted octanol–water partition coefficient (Wildman–Crippen LogP) is 3.79. The molecule has 0 radical (unpaired) electrons. The van der Waals surface area contributed by atoms with Crippen LogP contribution in [0.1, 0.15) is 56.9 Å². The van der Waals surface area contributed by atoms with Crippen LogP contribution in [0.15, 0.2) is 30.3 Å². The van der Waals surface area contributed by atoms with Crippen LogP contribution in [0.5, 0.6) is 0 Å². The average molecular weight is 286 g/mol. The first kappa shape index (κ1) is 15.1. The summed E-state index contributed by atoms with van der Waals surface area (Å²) in [6, 6.07) is 12.7. The van der Waals surface area contributed by atoms with Gasteiger partial charge in [-0.3, -0.25) is 4.90 Å². The Morgan fingerprint density at radius 1 is 1.05 bits per heavy atom. The topological polar surface area (TPSA) is 15.3 Å². The van der Waals surface area contributed by atoms with Gasteiger partial charge >= 0.3 is 0 Å². The minimum absolute atomic E-state index is 0.725. The zero-order valence-electron chi connectivity index (χ0n) is 13.4. The van der Waals surface area contributed by atoms with E-state index in [0.717, 1.165) is 18.0 Å². The highest BCUT2D eigenvalue weighted by molar-refractivity contribution is 5.22. The van der Waals surface area contributed by atoms with Crippen molar-refractivity contribution in [1.82, 2.24) is 10.2 Å². The molecular weight excluding hydrogens is 256 g/mol. The third kappa shape index (κ3) is 3.67. The van der Waals surface area contributed by atoms with Crippen molar-refractivity contribution in [3.63, 3.8) is 0 Å². The largest absolute Gasteiger partial charge is 0.313 e. The maximum Gasteiger partial charge on any atom is 0.0195 e. The highest BCUT2D eigenvalue weighted by Crippen LogP contribution is 2.36. The zero-order valence-corrected chi connectivity index (χ0v) is 13.4. The molecule has 0 spiro atoms. The second-order valence-electron chi connectivity index (χ2n) is 6.75. The molecule has 0 amide bonds. The van der Waals surface area contributed by atoms with Gasteiger partial charge in [-0.15, -0.1) is 0 Å². The van der Waals surface area contributed by atoms with Crippen LogP contribution in [-0.4, -0.2) is 36.6 Å². The molecule has 1 aliphatic heterocycles. The molecule has 0 aromatic heterocycles. The fourth-order valence-electron chi connectivity index (χ4n) is 4.33. The molecule has 1 heterocycles. The van der Waals surface area contributed by atoms with E-state index >= 15 is 0 Å². The van der Waals surface area contributed by atoms with E-state index in [9.17, 15) is 0 Å². The summed E-state index contributed by atoms with van der Waals surface area (Å²) in [6.45, 7) is 5.98. The Morgan fingerprint density at radius 2 is 1.86 bits per heavy atom. The number of hydrogen-bond donors (Lipinski definition) is 1. The zero-order chi connectivity index (χ0) is 14.5. The van der Waals surface area contributed by atoms with Gasteiger partial charge in [-0.1, -0.05) is 50.1 Å². The Balaban J connectivity index is 1.72. The summed E-state index contributed by atoms with van der Waals surface area (Å²) in [6.07, 6.45) is 8.26. The lowest BCUT2D eigenvalue weighted by Gasteiger charge is -2.41. The minimum atomic E-state index is 0.725. The van der Waals surface area contributed by atoms with Crippen LogP contribution in [0, 0.1) is 0 Å². The summed E-state index contributed by atoms with van der Waals surface area (Å²) in [4.78, 5) is 2.76. The fourth-order valence-corrected chi connectivity index (χ4v) is 4.33. The number of nitrogens with one attached hydrogen (secondary N) is 1. The van der Waals surface area contributed by atoms with Gasteiger partial charge in [0, 0.05) is 18.6 Å². The molecule has 2 heteroatoms. The summed E-state index contributed by atoms with van der Waals surface area (Å²) in [5.41, 5.74) is 1.56. The number of likely N-dealkylation sites (N-methyl/N-ethyl adjacent to an activating group) is 1. The molecule has 0 bridgehead atoms. The van der Waals surface area contributed by atoms with Crippen molar-refractivity contribution in [1.29, 1.82) is 0 Å². The number of hydrogen-bond acceptors (Lipinski definition) is 2. The highest BCUT2D eigenvalue weighted by atomic mass is 15.2. The maximum atomic E-state index is 3.67. The van der Waals surface area contributed by atoms with Crippen LogP contribution < -0.4 is 5.32 Å². The molecule has 1 aromatic carbocycles. The Morgan fingerprint density at radius 3 is 2.57 bits per heavy atom. The molecular formula is C19H30N2. The van der Waals surface area contributed by atoms with E-state index in [4.69, 9.17) is 0 Å². The number of rotatable bonds is 5. The molecule has 2 aliphatic rings. The van der Waals surface area contributed by atoms with Crippen LogP contribution in [-0.2, 0) is 0 Å². The number of nitrogens with zero attached hydrogens (tertiary/aromatic N) is 1. The Bertz CT molecular complexity index is 411. The molecule has 1 saturated heterocycles. The average Bonchev–Trinajstić information content (AvgIpc) is 3.07. The van der Waals surface area contributed by atoms with Gasteiger partial charge in [0.1, 0.15) is 0 Å². The van der Waals surface area contributed by atoms with Crippen molar-refractivity contribution < 1.29 is 0 Å². The Labute approximate surface area is 129 Å². The van der Waals surface area contributed by atoms with Crippen molar-refractivity contribution >= 4 is 0 Å². The fraction of sp³-hybridized carbons (Fsp3) is 0.684. The SMILES string of the molecule is CCN(CC1CCCN1)C1CCCCC1c1ccccc1. The molecule has 3 rings (SSSR count). The van der Waals surface area contributed by atoms with Crippen LogP contribution >= 0.6 is 0 Å². The third-order valence-electron chi connectivity index (χ3n) is 5.45. The van der Waals surface area contributed by atoms with E-state index in [1.807, 2.05) is 0 Å². The van der Waals surface area contributed by atoms with Crippen molar-refractivity contribution in [2.24, 2.45) is 0 Å². The van der Waals surface area contributed by atoms with Gasteiger partial charge in [0.05, 0.1) is 0 Å². The summed E-state index contributed by atoms with van der Waals surface area (Å²) in [7, 11) is 0. The van der Waals surface area contributed by atoms with Crippen molar-refractivity contribution in [2.45, 2.75) is 63.5 Å². The maximum absolute atomic E-state index is 3.67. The van der Waals surface area contributed by atoms with E-state index in [-0.39, 0.29) is 0 Å². The Hall–Kier alpha value is -0.860. The molecule has 21 heavy (non-hydrogen) atoms. The number of benzene rings is 1. The van der Waals surface area contributed by atoms with Crippen molar-refractivity contribution in [2.75, 3.05) is 19.6 Å². The summed E-state index contributed by atoms with van der Waals surface area (Å²) in [5, 5.41) is 3.67. The lowest BCUT2D eigenvalue weighted by molar-refractivity contribution is 0.131. The van der Waals surface area contributed by atoms with E-state index < -0.39 is 0 Å². The summed E-state index contributed by atoms with van der Waals surface area (Å²) in [5.74, 6) is 0.737. The van der Waals surface area contributed by atoms with Crippen LogP contribution in [0.2, 0.25) is 0 Å². The Kier molecular flexibility index (Phi) is 5.32. The molecule has 3 unspecified atom stereocenters. The molecule has 1 saturated carbocycles. The summed E-state index contributed by atoms with van der Waals surface area (Å²) >= 11 is 0. The summed E-state index contributed by atoms with van der Waals surface area (Å²) < 4.78 is 0. The normalized spacial score (nSPS) is 29.9. The molecule has 116 valence electrons. The van der Waals surface area contributed by atoms with Gasteiger partial charge in [-0.05, 0) is 50.3 Å².